The molecule has 1 heterocycles. The highest BCUT2D eigenvalue weighted by molar-refractivity contribution is 9.10. The zero-order valence-corrected chi connectivity index (χ0v) is 17.4. The predicted molar refractivity (Wildman–Crippen MR) is 115 cm³/mol. The van der Waals surface area contributed by atoms with E-state index in [-0.39, 0.29) is 18.3 Å². The van der Waals surface area contributed by atoms with Crippen LogP contribution >= 0.6 is 15.9 Å². The quantitative estimate of drug-likeness (QED) is 0.345. The third kappa shape index (κ3) is 6.82. The summed E-state index contributed by atoms with van der Waals surface area (Å²) in [7, 11) is 0. The summed E-state index contributed by atoms with van der Waals surface area (Å²) >= 11 is 3.37. The van der Waals surface area contributed by atoms with Gasteiger partial charge in [0.25, 0.3) is 5.91 Å². The summed E-state index contributed by atoms with van der Waals surface area (Å²) in [4.78, 5) is 15.6. The van der Waals surface area contributed by atoms with Gasteiger partial charge >= 0.3 is 6.18 Å². The third-order valence-electron chi connectivity index (χ3n) is 3.86. The molecule has 6 nitrogen and oxygen atoms in total. The molecule has 160 valence electrons. The molecule has 0 aliphatic heterocycles. The van der Waals surface area contributed by atoms with Gasteiger partial charge in [0.1, 0.15) is 11.6 Å². The molecule has 3 rings (SSSR count). The lowest BCUT2D eigenvalue weighted by atomic mass is 10.2. The number of hydrogen-bond donors (Lipinski definition) is 2. The van der Waals surface area contributed by atoms with Crippen molar-refractivity contribution < 1.29 is 22.7 Å². The molecule has 0 fully saturated rings. The largest absolute Gasteiger partial charge is 0.483 e. The molecule has 0 aliphatic carbocycles. The Hall–Kier alpha value is -3.40. The first kappa shape index (κ1) is 22.3. The molecule has 0 aliphatic rings. The number of rotatable bonds is 7. The molecule has 0 bridgehead atoms. The Kier molecular flexibility index (Phi) is 7.24. The Labute approximate surface area is 184 Å². The number of ether oxygens (including phenoxy) is 1. The van der Waals surface area contributed by atoms with Gasteiger partial charge in [-0.2, -0.15) is 18.3 Å². The molecular formula is C21H16BrF3N4O2. The smallest absolute Gasteiger partial charge is 0.417 e. The average Bonchev–Trinajstić information content (AvgIpc) is 2.73. The fourth-order valence-electron chi connectivity index (χ4n) is 2.38. The fraction of sp³-hybridized carbons (Fsp3) is 0.0952. The van der Waals surface area contributed by atoms with Crippen LogP contribution in [0, 0.1) is 0 Å². The van der Waals surface area contributed by atoms with Gasteiger partial charge in [0.15, 0.2) is 6.61 Å². The highest BCUT2D eigenvalue weighted by Gasteiger charge is 2.30. The van der Waals surface area contributed by atoms with Crippen LogP contribution in [-0.4, -0.2) is 23.7 Å². The Bertz CT molecular complexity index is 1060. The summed E-state index contributed by atoms with van der Waals surface area (Å²) in [5, 5.41) is 6.67. The lowest BCUT2D eigenvalue weighted by Gasteiger charge is -2.09. The van der Waals surface area contributed by atoms with Gasteiger partial charge in [-0.1, -0.05) is 18.2 Å². The zero-order valence-electron chi connectivity index (χ0n) is 15.9. The summed E-state index contributed by atoms with van der Waals surface area (Å²) in [6.45, 7) is -0.165. The van der Waals surface area contributed by atoms with Crippen LogP contribution in [0.4, 0.5) is 24.7 Å². The van der Waals surface area contributed by atoms with Crippen molar-refractivity contribution in [1.29, 1.82) is 0 Å². The molecule has 3 aromatic rings. The summed E-state index contributed by atoms with van der Waals surface area (Å²) in [5.74, 6) is 0.349. The number of anilines is 2. The number of benzene rings is 2. The van der Waals surface area contributed by atoms with Crippen LogP contribution in [0.2, 0.25) is 0 Å². The van der Waals surface area contributed by atoms with Crippen molar-refractivity contribution in [1.82, 2.24) is 4.98 Å². The standard InChI is InChI=1S/C21H16BrF3N4O2/c22-17-10-14(11-27-29-19-9-7-15(12-26-19)21(23,24)25)6-8-18(17)31-13-20(30)28-16-4-2-1-3-5-16/h1-12H,13H2,(H,26,29)(H,28,30)/b27-11-. The van der Waals surface area contributed by atoms with E-state index in [1.807, 2.05) is 18.2 Å². The number of hydrazone groups is 1. The maximum atomic E-state index is 12.5. The number of alkyl halides is 3. The molecule has 0 saturated carbocycles. The summed E-state index contributed by atoms with van der Waals surface area (Å²) < 4.78 is 43.7. The van der Waals surface area contributed by atoms with E-state index >= 15 is 0 Å². The number of hydrogen-bond acceptors (Lipinski definition) is 5. The Morgan fingerprint density at radius 1 is 1.13 bits per heavy atom. The maximum absolute atomic E-state index is 12.5. The average molecular weight is 493 g/mol. The van der Waals surface area contributed by atoms with Crippen molar-refractivity contribution in [3.8, 4) is 5.75 Å². The van der Waals surface area contributed by atoms with E-state index in [9.17, 15) is 18.0 Å². The van der Waals surface area contributed by atoms with Crippen molar-refractivity contribution >= 4 is 39.6 Å². The van der Waals surface area contributed by atoms with Gasteiger partial charge in [-0.25, -0.2) is 4.98 Å². The van der Waals surface area contributed by atoms with Crippen molar-refractivity contribution in [2.24, 2.45) is 5.10 Å². The van der Waals surface area contributed by atoms with E-state index in [4.69, 9.17) is 4.74 Å². The molecule has 2 N–H and O–H groups in total. The minimum Gasteiger partial charge on any atom is -0.483 e. The Morgan fingerprint density at radius 3 is 2.55 bits per heavy atom. The second-order valence-corrected chi connectivity index (χ2v) is 7.05. The van der Waals surface area contributed by atoms with Gasteiger partial charge in [0.05, 0.1) is 16.3 Å². The van der Waals surface area contributed by atoms with E-state index in [0.29, 0.717) is 21.5 Å². The highest BCUT2D eigenvalue weighted by atomic mass is 79.9. The first-order valence-electron chi connectivity index (χ1n) is 8.91. The van der Waals surface area contributed by atoms with Crippen LogP contribution < -0.4 is 15.5 Å². The van der Waals surface area contributed by atoms with Crippen LogP contribution in [0.15, 0.2) is 76.4 Å². The van der Waals surface area contributed by atoms with Crippen molar-refractivity contribution in [2.75, 3.05) is 17.3 Å². The normalized spacial score (nSPS) is 11.4. The number of nitrogens with one attached hydrogen (secondary N) is 2. The van der Waals surface area contributed by atoms with Crippen molar-refractivity contribution in [2.45, 2.75) is 6.18 Å². The van der Waals surface area contributed by atoms with Crippen molar-refractivity contribution in [3.63, 3.8) is 0 Å². The van der Waals surface area contributed by atoms with Gasteiger partial charge in [0.2, 0.25) is 0 Å². The minimum atomic E-state index is -4.44. The molecule has 0 spiro atoms. The van der Waals surface area contributed by atoms with Gasteiger partial charge in [-0.3, -0.25) is 10.2 Å². The van der Waals surface area contributed by atoms with Crippen LogP contribution in [0.25, 0.3) is 0 Å². The minimum absolute atomic E-state index is 0.165. The van der Waals surface area contributed by atoms with E-state index < -0.39 is 11.7 Å². The number of pyridine rings is 1. The van der Waals surface area contributed by atoms with Crippen molar-refractivity contribution in [3.05, 3.63) is 82.5 Å². The molecule has 0 radical (unpaired) electrons. The fourth-order valence-corrected chi connectivity index (χ4v) is 2.89. The monoisotopic (exact) mass is 492 g/mol. The van der Waals surface area contributed by atoms with Crippen LogP contribution in [0.5, 0.6) is 5.75 Å². The first-order valence-corrected chi connectivity index (χ1v) is 9.70. The number of carbonyl (C=O) groups excluding carboxylic acids is 1. The molecule has 31 heavy (non-hydrogen) atoms. The summed E-state index contributed by atoms with van der Waals surface area (Å²) in [6.07, 6.45) is -2.24. The SMILES string of the molecule is O=C(COc1ccc(/C=N\Nc2ccc(C(F)(F)F)cn2)cc1Br)Nc1ccccc1. The van der Waals surface area contributed by atoms with Gasteiger partial charge in [0, 0.05) is 11.9 Å². The second-order valence-electron chi connectivity index (χ2n) is 6.19. The molecule has 1 aromatic heterocycles. The molecule has 2 aromatic carbocycles. The molecule has 0 saturated heterocycles. The maximum Gasteiger partial charge on any atom is 0.417 e. The van der Waals surface area contributed by atoms with Gasteiger partial charge < -0.3 is 10.1 Å². The van der Waals surface area contributed by atoms with Crippen LogP contribution in [-0.2, 0) is 11.0 Å². The Balaban J connectivity index is 1.52. The third-order valence-corrected chi connectivity index (χ3v) is 4.48. The second kappa shape index (κ2) is 10.1. The van der Waals surface area contributed by atoms with E-state index in [1.54, 1.807) is 30.3 Å². The number of nitrogens with zero attached hydrogens (tertiary/aromatic N) is 2. The van der Waals surface area contributed by atoms with E-state index in [2.05, 4.69) is 36.8 Å². The number of aromatic nitrogens is 1. The van der Waals surface area contributed by atoms with Crippen LogP contribution in [0.1, 0.15) is 11.1 Å². The molecule has 10 heteroatoms. The van der Waals surface area contributed by atoms with Crippen LogP contribution in [0.3, 0.4) is 0 Å². The lowest BCUT2D eigenvalue weighted by Crippen LogP contribution is -2.20. The Morgan fingerprint density at radius 2 is 1.90 bits per heavy atom. The summed E-state index contributed by atoms with van der Waals surface area (Å²) in [5.41, 5.74) is 3.09. The number of carbonyl (C=O) groups is 1. The molecular weight excluding hydrogens is 477 g/mol. The topological polar surface area (TPSA) is 75.6 Å². The number of amides is 1. The first-order chi connectivity index (χ1) is 14.8. The lowest BCUT2D eigenvalue weighted by molar-refractivity contribution is -0.137. The molecule has 0 atom stereocenters. The number of para-hydroxylation sites is 1. The molecule has 1 amide bonds. The van der Waals surface area contributed by atoms with E-state index in [0.717, 1.165) is 12.3 Å². The van der Waals surface area contributed by atoms with Gasteiger partial charge in [-0.15, -0.1) is 0 Å². The zero-order chi connectivity index (χ0) is 22.3. The molecule has 0 unspecified atom stereocenters. The predicted octanol–water partition coefficient (Wildman–Crippen LogP) is 5.33. The number of halogens is 4. The van der Waals surface area contributed by atoms with E-state index in [1.165, 1.54) is 12.3 Å². The van der Waals surface area contributed by atoms with Gasteiger partial charge in [-0.05, 0) is 64.0 Å². The highest BCUT2D eigenvalue weighted by Crippen LogP contribution is 2.29. The summed E-state index contributed by atoms with van der Waals surface area (Å²) in [6, 6.07) is 16.2.